The molecule has 0 radical (unpaired) electrons. The third-order valence-electron chi connectivity index (χ3n) is 1.76. The third-order valence-corrected chi connectivity index (χ3v) is 1.76. The van der Waals surface area contributed by atoms with E-state index in [9.17, 15) is 0 Å². The van der Waals surface area contributed by atoms with Gasteiger partial charge in [-0.2, -0.15) is 0 Å². The molecule has 0 atom stereocenters. The second-order valence-electron chi connectivity index (χ2n) is 3.54. The predicted molar refractivity (Wildman–Crippen MR) is 54.7 cm³/mol. The minimum Gasteiger partial charge on any atom is -0.241 e. The van der Waals surface area contributed by atoms with Crippen LogP contribution in [-0.4, -0.2) is 9.97 Å². The number of nitrogens with zero attached hydrogens (tertiary/aromatic N) is 2. The summed E-state index contributed by atoms with van der Waals surface area (Å²) in [5.74, 6) is 1.72. The van der Waals surface area contributed by atoms with Gasteiger partial charge in [-0.1, -0.05) is 20.3 Å². The summed E-state index contributed by atoms with van der Waals surface area (Å²) in [6.07, 6.45) is 5.66. The highest BCUT2D eigenvalue weighted by atomic mass is 14.9. The van der Waals surface area contributed by atoms with E-state index in [0.29, 0.717) is 5.92 Å². The van der Waals surface area contributed by atoms with Gasteiger partial charge in [-0.3, -0.25) is 0 Å². The molecule has 0 saturated heterocycles. The molecule has 0 N–H and O–H groups in total. The van der Waals surface area contributed by atoms with E-state index in [4.69, 9.17) is 0 Å². The van der Waals surface area contributed by atoms with Gasteiger partial charge in [-0.05, 0) is 25.8 Å². The molecule has 1 fully saturated rings. The van der Waals surface area contributed by atoms with Crippen molar-refractivity contribution in [2.24, 2.45) is 0 Å². The van der Waals surface area contributed by atoms with Crippen molar-refractivity contribution in [3.05, 3.63) is 23.8 Å². The minimum atomic E-state index is 0.680. The summed E-state index contributed by atoms with van der Waals surface area (Å²) in [5.41, 5.74) is 1.08. The van der Waals surface area contributed by atoms with Gasteiger partial charge in [0.2, 0.25) is 0 Å². The summed E-state index contributed by atoms with van der Waals surface area (Å²) in [6.45, 7) is 6.26. The van der Waals surface area contributed by atoms with E-state index in [-0.39, 0.29) is 0 Å². The van der Waals surface area contributed by atoms with Gasteiger partial charge in [0.25, 0.3) is 0 Å². The SMILES string of the molecule is CCC.Cc1ccnc(C2CC2)n1. The highest BCUT2D eigenvalue weighted by Gasteiger charge is 2.25. The normalized spacial score (nSPS) is 14.7. The molecule has 1 aromatic rings. The van der Waals surface area contributed by atoms with Crippen LogP contribution < -0.4 is 0 Å². The van der Waals surface area contributed by atoms with E-state index in [1.165, 1.54) is 19.3 Å². The Hall–Kier alpha value is -0.920. The van der Waals surface area contributed by atoms with Gasteiger partial charge < -0.3 is 0 Å². The maximum atomic E-state index is 4.32. The van der Waals surface area contributed by atoms with Gasteiger partial charge >= 0.3 is 0 Å². The van der Waals surface area contributed by atoms with Crippen molar-refractivity contribution >= 4 is 0 Å². The zero-order chi connectivity index (χ0) is 9.68. The van der Waals surface area contributed by atoms with Crippen molar-refractivity contribution in [3.63, 3.8) is 0 Å². The highest BCUT2D eigenvalue weighted by molar-refractivity contribution is 5.08. The molecule has 13 heavy (non-hydrogen) atoms. The summed E-state index contributed by atoms with van der Waals surface area (Å²) in [6, 6.07) is 1.94. The van der Waals surface area contributed by atoms with Crippen LogP contribution >= 0.6 is 0 Å². The Morgan fingerprint density at radius 2 is 2.00 bits per heavy atom. The predicted octanol–water partition coefficient (Wildman–Crippen LogP) is 3.08. The standard InChI is InChI=1S/C8H10N2.C3H8/c1-6-4-5-9-8(10-6)7-2-3-7;1-3-2/h4-5,7H,2-3H2,1H3;3H2,1-2H3. The summed E-state index contributed by atoms with van der Waals surface area (Å²) >= 11 is 0. The first-order valence-electron chi connectivity index (χ1n) is 5.07. The first-order valence-corrected chi connectivity index (χ1v) is 5.07. The maximum Gasteiger partial charge on any atom is 0.131 e. The Morgan fingerprint density at radius 1 is 1.38 bits per heavy atom. The lowest BCUT2D eigenvalue weighted by atomic mass is 10.3. The fraction of sp³-hybridized carbons (Fsp3) is 0.636. The zero-order valence-electron chi connectivity index (χ0n) is 8.75. The first kappa shape index (κ1) is 10.2. The summed E-state index contributed by atoms with van der Waals surface area (Å²) in [4.78, 5) is 8.51. The summed E-state index contributed by atoms with van der Waals surface area (Å²) < 4.78 is 0. The van der Waals surface area contributed by atoms with Crippen LogP contribution in [0.15, 0.2) is 12.3 Å². The lowest BCUT2D eigenvalue weighted by molar-refractivity contribution is 0.906. The van der Waals surface area contributed by atoms with Crippen LogP contribution in [0.4, 0.5) is 0 Å². The van der Waals surface area contributed by atoms with Crippen molar-refractivity contribution in [2.45, 2.75) is 46.0 Å². The number of rotatable bonds is 1. The molecular formula is C11H18N2. The molecule has 0 spiro atoms. The van der Waals surface area contributed by atoms with Gasteiger partial charge in [-0.15, -0.1) is 0 Å². The topological polar surface area (TPSA) is 25.8 Å². The van der Waals surface area contributed by atoms with E-state index in [0.717, 1.165) is 11.5 Å². The smallest absolute Gasteiger partial charge is 0.131 e. The minimum absolute atomic E-state index is 0.680. The Morgan fingerprint density at radius 3 is 2.46 bits per heavy atom. The first-order chi connectivity index (χ1) is 6.27. The molecule has 2 rings (SSSR count). The van der Waals surface area contributed by atoms with Crippen LogP contribution in [0, 0.1) is 6.92 Å². The maximum absolute atomic E-state index is 4.32. The average Bonchev–Trinajstić information content (AvgIpc) is 2.87. The zero-order valence-corrected chi connectivity index (χ0v) is 8.75. The second-order valence-corrected chi connectivity index (χ2v) is 3.54. The lowest BCUT2D eigenvalue weighted by Gasteiger charge is -1.95. The molecule has 2 heteroatoms. The average molecular weight is 178 g/mol. The van der Waals surface area contributed by atoms with Gasteiger partial charge in [0.15, 0.2) is 0 Å². The molecule has 0 amide bonds. The van der Waals surface area contributed by atoms with Crippen molar-refractivity contribution in [1.29, 1.82) is 0 Å². The van der Waals surface area contributed by atoms with Crippen molar-refractivity contribution < 1.29 is 0 Å². The van der Waals surface area contributed by atoms with E-state index >= 15 is 0 Å². The van der Waals surface area contributed by atoms with Crippen molar-refractivity contribution in [2.75, 3.05) is 0 Å². The molecule has 0 aliphatic heterocycles. The van der Waals surface area contributed by atoms with Crippen molar-refractivity contribution in [3.8, 4) is 0 Å². The molecule has 72 valence electrons. The molecule has 1 aliphatic rings. The van der Waals surface area contributed by atoms with Crippen LogP contribution in [0.2, 0.25) is 0 Å². The van der Waals surface area contributed by atoms with Crippen LogP contribution in [0.5, 0.6) is 0 Å². The van der Waals surface area contributed by atoms with Crippen LogP contribution in [0.25, 0.3) is 0 Å². The van der Waals surface area contributed by atoms with Crippen LogP contribution in [0.3, 0.4) is 0 Å². The fourth-order valence-corrected chi connectivity index (χ4v) is 1.01. The Labute approximate surface area is 80.4 Å². The van der Waals surface area contributed by atoms with E-state index in [2.05, 4.69) is 23.8 Å². The quantitative estimate of drug-likeness (QED) is 0.660. The molecule has 0 aromatic carbocycles. The van der Waals surface area contributed by atoms with E-state index in [1.54, 1.807) is 0 Å². The number of aryl methyl sites for hydroxylation is 1. The Bertz CT molecular complexity index is 254. The second kappa shape index (κ2) is 4.95. The van der Waals surface area contributed by atoms with E-state index < -0.39 is 0 Å². The van der Waals surface area contributed by atoms with Gasteiger partial charge in [-0.25, -0.2) is 9.97 Å². The van der Waals surface area contributed by atoms with Gasteiger partial charge in [0, 0.05) is 17.8 Å². The third kappa shape index (κ3) is 3.53. The summed E-state index contributed by atoms with van der Waals surface area (Å²) in [5, 5.41) is 0. The Kier molecular flexibility index (Phi) is 3.87. The largest absolute Gasteiger partial charge is 0.241 e. The fourth-order valence-electron chi connectivity index (χ4n) is 1.01. The van der Waals surface area contributed by atoms with E-state index in [1.807, 2.05) is 19.2 Å². The molecule has 2 nitrogen and oxygen atoms in total. The molecule has 0 bridgehead atoms. The number of hydrogen-bond donors (Lipinski definition) is 0. The number of aromatic nitrogens is 2. The van der Waals surface area contributed by atoms with Gasteiger partial charge in [0.05, 0.1) is 0 Å². The molecule has 1 aliphatic carbocycles. The summed E-state index contributed by atoms with van der Waals surface area (Å²) in [7, 11) is 0. The van der Waals surface area contributed by atoms with Crippen LogP contribution in [-0.2, 0) is 0 Å². The van der Waals surface area contributed by atoms with Gasteiger partial charge in [0.1, 0.15) is 5.82 Å². The van der Waals surface area contributed by atoms with Crippen molar-refractivity contribution in [1.82, 2.24) is 9.97 Å². The lowest BCUT2D eigenvalue weighted by Crippen LogP contribution is -1.92. The molecule has 1 aromatic heterocycles. The highest BCUT2D eigenvalue weighted by Crippen LogP contribution is 2.37. The molecule has 1 heterocycles. The molecular weight excluding hydrogens is 160 g/mol. The number of hydrogen-bond acceptors (Lipinski definition) is 2. The monoisotopic (exact) mass is 178 g/mol. The van der Waals surface area contributed by atoms with Crippen LogP contribution in [0.1, 0.15) is 50.5 Å². The Balaban J connectivity index is 0.000000251. The molecule has 1 saturated carbocycles. The molecule has 0 unspecified atom stereocenters.